The number of hydrogen-bond donors (Lipinski definition) is 1. The minimum Gasteiger partial charge on any atom is -0.488 e. The molecule has 2 aliphatic carbocycles. The van der Waals surface area contributed by atoms with Crippen molar-refractivity contribution in [1.82, 2.24) is 9.80 Å². The smallest absolute Gasteiger partial charge is 0.165 e. The molecule has 0 aromatic heterocycles. The van der Waals surface area contributed by atoms with Crippen LogP contribution in [0.4, 0.5) is 0 Å². The number of aliphatic hydroxyl groups excluding tert-OH is 1. The third kappa shape index (κ3) is 2.99. The van der Waals surface area contributed by atoms with Gasteiger partial charge in [-0.25, -0.2) is 0 Å². The molecule has 1 N–H and O–H groups in total. The Kier molecular flexibility index (Phi) is 5.02. The lowest BCUT2D eigenvalue weighted by Crippen LogP contribution is -2.65. The molecule has 3 aliphatic heterocycles. The summed E-state index contributed by atoms with van der Waals surface area (Å²) in [6, 6.07) is 4.86. The fraction of sp³-hybridized carbons (Fsp3) is 0.680. The SMILES string of the molecule is CCCN1CC[C@]23c4c5ccc(OCCN6CCOCC6)c4O[C@H]2[C@@H](O)C=C[C@H]3[C@H]1C5. The number of benzene rings is 1. The monoisotopic (exact) mass is 426 g/mol. The predicted molar refractivity (Wildman–Crippen MR) is 118 cm³/mol. The lowest BCUT2D eigenvalue weighted by atomic mass is 9.53. The maximum Gasteiger partial charge on any atom is 0.165 e. The zero-order valence-electron chi connectivity index (χ0n) is 18.5. The molecule has 0 radical (unpaired) electrons. The molecule has 2 saturated heterocycles. The number of likely N-dealkylation sites (tertiary alicyclic amines) is 1. The van der Waals surface area contributed by atoms with Gasteiger partial charge >= 0.3 is 0 Å². The van der Waals surface area contributed by atoms with Crippen LogP contribution in [-0.4, -0.2) is 85.7 Å². The Bertz CT molecular complexity index is 867. The molecule has 1 spiro atoms. The average Bonchev–Trinajstić information content (AvgIpc) is 3.14. The first kappa shape index (κ1) is 20.0. The Morgan fingerprint density at radius 1 is 1.16 bits per heavy atom. The van der Waals surface area contributed by atoms with Crippen molar-refractivity contribution in [2.24, 2.45) is 5.92 Å². The van der Waals surface area contributed by atoms with Crippen LogP contribution in [0, 0.1) is 5.92 Å². The Balaban J connectivity index is 1.32. The van der Waals surface area contributed by atoms with E-state index in [1.54, 1.807) is 0 Å². The Morgan fingerprint density at radius 3 is 2.87 bits per heavy atom. The minimum atomic E-state index is -0.561. The maximum absolute atomic E-state index is 10.9. The number of morpholine rings is 1. The molecule has 0 saturated carbocycles. The van der Waals surface area contributed by atoms with Gasteiger partial charge in [0.1, 0.15) is 18.8 Å². The fourth-order valence-corrected chi connectivity index (χ4v) is 6.91. The van der Waals surface area contributed by atoms with Gasteiger partial charge in [-0.1, -0.05) is 25.1 Å². The van der Waals surface area contributed by atoms with Gasteiger partial charge in [0.15, 0.2) is 11.5 Å². The highest BCUT2D eigenvalue weighted by Crippen LogP contribution is 2.62. The van der Waals surface area contributed by atoms with E-state index in [2.05, 4.69) is 34.9 Å². The molecule has 168 valence electrons. The van der Waals surface area contributed by atoms with Crippen LogP contribution in [0.1, 0.15) is 30.9 Å². The maximum atomic E-state index is 10.9. The van der Waals surface area contributed by atoms with Crippen molar-refractivity contribution >= 4 is 0 Å². The summed E-state index contributed by atoms with van der Waals surface area (Å²) in [4.78, 5) is 5.06. The first-order chi connectivity index (χ1) is 15.2. The van der Waals surface area contributed by atoms with Crippen LogP contribution in [0.15, 0.2) is 24.3 Å². The van der Waals surface area contributed by atoms with Crippen LogP contribution < -0.4 is 9.47 Å². The number of piperidine rings is 1. The standard InChI is InChI=1S/C25H34N2O4/c1-2-8-27-9-7-25-18-4-5-20(28)24(25)31-23-21(6-3-17(22(23)25)16-19(18)27)30-15-12-26-10-13-29-14-11-26/h3-6,18-20,24,28H,2,7-16H2,1H3/t18-,19+,20-,24-,25-/m0/s1. The van der Waals surface area contributed by atoms with Gasteiger partial charge in [-0.15, -0.1) is 0 Å². The molecule has 2 fully saturated rings. The molecule has 1 aromatic rings. The molecule has 6 rings (SSSR count). The number of rotatable bonds is 6. The Hall–Kier alpha value is -1.60. The van der Waals surface area contributed by atoms with Crippen molar-refractivity contribution < 1.29 is 19.3 Å². The summed E-state index contributed by atoms with van der Waals surface area (Å²) in [5.41, 5.74) is 2.61. The second kappa shape index (κ2) is 7.77. The summed E-state index contributed by atoms with van der Waals surface area (Å²) in [5, 5.41) is 10.9. The van der Waals surface area contributed by atoms with Gasteiger partial charge in [-0.3, -0.25) is 9.80 Å². The van der Waals surface area contributed by atoms with E-state index in [9.17, 15) is 5.11 Å². The zero-order valence-corrected chi connectivity index (χ0v) is 18.5. The molecule has 2 bridgehead atoms. The Morgan fingerprint density at radius 2 is 2.03 bits per heavy atom. The van der Waals surface area contributed by atoms with Gasteiger partial charge in [0.05, 0.1) is 13.2 Å². The number of aliphatic hydroxyl groups is 1. The lowest BCUT2D eigenvalue weighted by molar-refractivity contribution is -0.0516. The molecule has 0 amide bonds. The number of hydrogen-bond acceptors (Lipinski definition) is 6. The Labute approximate surface area is 184 Å². The predicted octanol–water partition coefficient (Wildman–Crippen LogP) is 1.98. The van der Waals surface area contributed by atoms with E-state index in [0.29, 0.717) is 18.6 Å². The van der Waals surface area contributed by atoms with E-state index in [1.165, 1.54) is 17.5 Å². The highest BCUT2D eigenvalue weighted by Gasteiger charge is 2.64. The van der Waals surface area contributed by atoms with Gasteiger partial charge in [0.2, 0.25) is 0 Å². The van der Waals surface area contributed by atoms with E-state index >= 15 is 0 Å². The highest BCUT2D eigenvalue weighted by atomic mass is 16.5. The van der Waals surface area contributed by atoms with E-state index in [0.717, 1.165) is 70.3 Å². The van der Waals surface area contributed by atoms with Gasteiger partial charge in [-0.2, -0.15) is 0 Å². The van der Waals surface area contributed by atoms with Crippen molar-refractivity contribution in [2.45, 2.75) is 49.9 Å². The van der Waals surface area contributed by atoms with Crippen LogP contribution in [-0.2, 0) is 16.6 Å². The van der Waals surface area contributed by atoms with Crippen LogP contribution in [0.2, 0.25) is 0 Å². The summed E-state index contributed by atoms with van der Waals surface area (Å²) < 4.78 is 18.3. The van der Waals surface area contributed by atoms with Crippen molar-refractivity contribution in [3.63, 3.8) is 0 Å². The molecular weight excluding hydrogens is 392 g/mol. The highest BCUT2D eigenvalue weighted by molar-refractivity contribution is 5.62. The number of nitrogens with zero attached hydrogens (tertiary/aromatic N) is 2. The molecule has 3 heterocycles. The summed E-state index contributed by atoms with van der Waals surface area (Å²) in [6.07, 6.45) is 6.78. The minimum absolute atomic E-state index is 0.116. The van der Waals surface area contributed by atoms with E-state index in [-0.39, 0.29) is 11.5 Å². The quantitative estimate of drug-likeness (QED) is 0.702. The lowest BCUT2D eigenvalue weighted by Gasteiger charge is -2.57. The first-order valence-electron chi connectivity index (χ1n) is 12.1. The second-order valence-corrected chi connectivity index (χ2v) is 9.77. The van der Waals surface area contributed by atoms with Crippen LogP contribution in [0.25, 0.3) is 0 Å². The molecular formula is C25H34N2O4. The molecule has 6 heteroatoms. The first-order valence-corrected chi connectivity index (χ1v) is 12.1. The van der Waals surface area contributed by atoms with E-state index in [1.807, 2.05) is 6.08 Å². The number of ether oxygens (including phenoxy) is 3. The van der Waals surface area contributed by atoms with Crippen molar-refractivity contribution in [1.29, 1.82) is 0 Å². The average molecular weight is 427 g/mol. The fourth-order valence-electron chi connectivity index (χ4n) is 6.91. The largest absolute Gasteiger partial charge is 0.488 e. The van der Waals surface area contributed by atoms with E-state index in [4.69, 9.17) is 14.2 Å². The van der Waals surface area contributed by atoms with Gasteiger partial charge in [0.25, 0.3) is 0 Å². The normalized spacial score (nSPS) is 36.2. The van der Waals surface area contributed by atoms with Crippen molar-refractivity contribution in [3.8, 4) is 11.5 Å². The van der Waals surface area contributed by atoms with E-state index < -0.39 is 6.10 Å². The van der Waals surface area contributed by atoms with Crippen molar-refractivity contribution in [2.75, 3.05) is 52.5 Å². The third-order valence-corrected chi connectivity index (χ3v) is 8.25. The molecule has 0 unspecified atom stereocenters. The molecule has 1 aromatic carbocycles. The summed E-state index contributed by atoms with van der Waals surface area (Å²) in [5.74, 6) is 2.15. The van der Waals surface area contributed by atoms with Gasteiger partial charge < -0.3 is 19.3 Å². The summed E-state index contributed by atoms with van der Waals surface area (Å²) >= 11 is 0. The zero-order chi connectivity index (χ0) is 21.0. The summed E-state index contributed by atoms with van der Waals surface area (Å²) in [6.45, 7) is 9.58. The van der Waals surface area contributed by atoms with Crippen molar-refractivity contribution in [3.05, 3.63) is 35.4 Å². The molecule has 31 heavy (non-hydrogen) atoms. The van der Waals surface area contributed by atoms with Gasteiger partial charge in [0, 0.05) is 42.6 Å². The molecule has 6 nitrogen and oxygen atoms in total. The van der Waals surface area contributed by atoms with Crippen LogP contribution >= 0.6 is 0 Å². The third-order valence-electron chi connectivity index (χ3n) is 8.25. The van der Waals surface area contributed by atoms with Gasteiger partial charge in [-0.05, 0) is 44.0 Å². The topological polar surface area (TPSA) is 54.4 Å². The molecule has 5 atom stereocenters. The van der Waals surface area contributed by atoms with Crippen LogP contribution in [0.3, 0.4) is 0 Å². The second-order valence-electron chi connectivity index (χ2n) is 9.77. The van der Waals surface area contributed by atoms with Crippen LogP contribution in [0.5, 0.6) is 11.5 Å². The summed E-state index contributed by atoms with van der Waals surface area (Å²) in [7, 11) is 0. The molecule has 5 aliphatic rings.